The molecule has 0 aromatic heterocycles. The number of rotatable bonds is 9. The van der Waals surface area contributed by atoms with Crippen LogP contribution in [-0.2, 0) is 4.79 Å². The van der Waals surface area contributed by atoms with Crippen molar-refractivity contribution in [3.8, 4) is 0 Å². The second-order valence-electron chi connectivity index (χ2n) is 5.74. The molecule has 0 spiro atoms. The summed E-state index contributed by atoms with van der Waals surface area (Å²) >= 11 is 0. The Labute approximate surface area is 139 Å². The van der Waals surface area contributed by atoms with Gasteiger partial charge in [-0.15, -0.1) is 12.4 Å². The van der Waals surface area contributed by atoms with Crippen LogP contribution in [0.25, 0.3) is 6.08 Å². The number of benzene rings is 1. The van der Waals surface area contributed by atoms with Gasteiger partial charge in [0.05, 0.1) is 0 Å². The average Bonchev–Trinajstić information content (AvgIpc) is 2.45. The molecule has 0 saturated heterocycles. The summed E-state index contributed by atoms with van der Waals surface area (Å²) in [4.78, 5) is 14.4. The summed E-state index contributed by atoms with van der Waals surface area (Å²) in [6.45, 7) is 2.94. The Bertz CT molecular complexity index is 457. The van der Waals surface area contributed by atoms with Gasteiger partial charge in [-0.1, -0.05) is 44.4 Å². The SMILES string of the molecule is CCCCCC(CN(C)C)C(=O)/C=C/c1ccc(F)cc1.Cl. The van der Waals surface area contributed by atoms with Crippen LogP contribution in [0.1, 0.15) is 38.2 Å². The Hall–Kier alpha value is -1.19. The number of carbonyl (C=O) groups is 1. The Morgan fingerprint density at radius 2 is 1.86 bits per heavy atom. The fourth-order valence-corrected chi connectivity index (χ4v) is 2.29. The minimum atomic E-state index is -0.261. The molecule has 0 aliphatic carbocycles. The fraction of sp³-hybridized carbons (Fsp3) is 0.500. The third-order valence-electron chi connectivity index (χ3n) is 3.45. The first-order valence-corrected chi connectivity index (χ1v) is 7.65. The number of carbonyl (C=O) groups excluding carboxylic acids is 1. The monoisotopic (exact) mass is 327 g/mol. The zero-order valence-corrected chi connectivity index (χ0v) is 14.5. The molecule has 22 heavy (non-hydrogen) atoms. The van der Waals surface area contributed by atoms with Crippen LogP contribution in [0.2, 0.25) is 0 Å². The maximum atomic E-state index is 12.8. The molecule has 0 saturated carbocycles. The molecule has 0 heterocycles. The highest BCUT2D eigenvalue weighted by molar-refractivity contribution is 5.95. The molecule has 0 bridgehead atoms. The van der Waals surface area contributed by atoms with Gasteiger partial charge in [-0.05, 0) is 44.3 Å². The van der Waals surface area contributed by atoms with E-state index in [-0.39, 0.29) is 29.9 Å². The Morgan fingerprint density at radius 1 is 1.23 bits per heavy atom. The highest BCUT2D eigenvalue weighted by Gasteiger charge is 2.16. The number of allylic oxidation sites excluding steroid dienone is 1. The Balaban J connectivity index is 0.00000441. The van der Waals surface area contributed by atoms with Gasteiger partial charge in [0.15, 0.2) is 5.78 Å². The topological polar surface area (TPSA) is 20.3 Å². The van der Waals surface area contributed by atoms with Gasteiger partial charge in [0.1, 0.15) is 5.82 Å². The van der Waals surface area contributed by atoms with E-state index in [1.165, 1.54) is 18.6 Å². The third kappa shape index (κ3) is 8.30. The van der Waals surface area contributed by atoms with Gasteiger partial charge >= 0.3 is 0 Å². The zero-order chi connectivity index (χ0) is 15.7. The molecule has 0 aliphatic heterocycles. The summed E-state index contributed by atoms with van der Waals surface area (Å²) in [5.74, 6) is -0.0593. The van der Waals surface area contributed by atoms with Gasteiger partial charge in [-0.3, -0.25) is 4.79 Å². The summed E-state index contributed by atoms with van der Waals surface area (Å²) < 4.78 is 12.8. The predicted molar refractivity (Wildman–Crippen MR) is 93.9 cm³/mol. The molecule has 1 aromatic carbocycles. The number of ketones is 1. The van der Waals surface area contributed by atoms with Crippen molar-refractivity contribution in [3.63, 3.8) is 0 Å². The van der Waals surface area contributed by atoms with E-state index >= 15 is 0 Å². The molecule has 0 aliphatic rings. The molecule has 0 amide bonds. The lowest BCUT2D eigenvalue weighted by molar-refractivity contribution is -0.118. The van der Waals surface area contributed by atoms with E-state index < -0.39 is 0 Å². The van der Waals surface area contributed by atoms with Gasteiger partial charge in [-0.25, -0.2) is 4.39 Å². The highest BCUT2D eigenvalue weighted by Crippen LogP contribution is 2.14. The minimum absolute atomic E-state index is 0. The van der Waals surface area contributed by atoms with Crippen LogP contribution in [0.4, 0.5) is 4.39 Å². The second kappa shape index (κ2) is 11.4. The first-order chi connectivity index (χ1) is 10.0. The fourth-order valence-electron chi connectivity index (χ4n) is 2.29. The standard InChI is InChI=1S/C18H26FNO.ClH/c1-4-5-6-7-16(14-20(2)3)18(21)13-10-15-8-11-17(19)12-9-15;/h8-13,16H,4-7,14H2,1-3H3;1H/b13-10+;. The Kier molecular flexibility index (Phi) is 10.8. The number of nitrogens with zero attached hydrogens (tertiary/aromatic N) is 1. The smallest absolute Gasteiger partial charge is 0.160 e. The van der Waals surface area contributed by atoms with Gasteiger partial charge in [-0.2, -0.15) is 0 Å². The van der Waals surface area contributed by atoms with Crippen molar-refractivity contribution in [3.05, 3.63) is 41.7 Å². The molecule has 1 rings (SSSR count). The lowest BCUT2D eigenvalue weighted by Crippen LogP contribution is -2.27. The summed E-state index contributed by atoms with van der Waals surface area (Å²) in [5, 5.41) is 0. The van der Waals surface area contributed by atoms with E-state index in [2.05, 4.69) is 11.8 Å². The van der Waals surface area contributed by atoms with E-state index in [1.807, 2.05) is 14.1 Å². The molecule has 1 atom stereocenters. The van der Waals surface area contributed by atoms with Gasteiger partial charge in [0, 0.05) is 12.5 Å². The van der Waals surface area contributed by atoms with Gasteiger partial charge in [0.25, 0.3) is 0 Å². The maximum absolute atomic E-state index is 12.8. The lowest BCUT2D eigenvalue weighted by atomic mass is 9.95. The number of hydrogen-bond acceptors (Lipinski definition) is 2. The van der Waals surface area contributed by atoms with E-state index in [0.29, 0.717) is 0 Å². The van der Waals surface area contributed by atoms with Crippen molar-refractivity contribution >= 4 is 24.3 Å². The molecule has 1 aromatic rings. The summed E-state index contributed by atoms with van der Waals surface area (Å²) in [6, 6.07) is 6.17. The molecule has 1 unspecified atom stereocenters. The van der Waals surface area contributed by atoms with Gasteiger partial charge < -0.3 is 4.90 Å². The molecule has 0 radical (unpaired) electrons. The van der Waals surface area contributed by atoms with Crippen LogP contribution in [-0.4, -0.2) is 31.3 Å². The maximum Gasteiger partial charge on any atom is 0.160 e. The zero-order valence-electron chi connectivity index (χ0n) is 13.7. The molecule has 0 N–H and O–H groups in total. The number of unbranched alkanes of at least 4 members (excludes halogenated alkanes) is 2. The minimum Gasteiger partial charge on any atom is -0.309 e. The largest absolute Gasteiger partial charge is 0.309 e. The second-order valence-corrected chi connectivity index (χ2v) is 5.74. The molecular formula is C18H27ClFNO. The van der Waals surface area contributed by atoms with Crippen molar-refractivity contribution in [2.24, 2.45) is 5.92 Å². The molecule has 0 fully saturated rings. The van der Waals surface area contributed by atoms with E-state index in [1.54, 1.807) is 24.3 Å². The summed E-state index contributed by atoms with van der Waals surface area (Å²) in [6.07, 6.45) is 7.74. The van der Waals surface area contributed by atoms with Gasteiger partial charge in [0.2, 0.25) is 0 Å². The first kappa shape index (κ1) is 20.8. The number of hydrogen-bond donors (Lipinski definition) is 0. The highest BCUT2D eigenvalue weighted by atomic mass is 35.5. The molecular weight excluding hydrogens is 301 g/mol. The van der Waals surface area contributed by atoms with Crippen molar-refractivity contribution < 1.29 is 9.18 Å². The van der Waals surface area contributed by atoms with Crippen LogP contribution >= 0.6 is 12.4 Å². The van der Waals surface area contributed by atoms with E-state index in [9.17, 15) is 9.18 Å². The van der Waals surface area contributed by atoms with Crippen molar-refractivity contribution in [2.75, 3.05) is 20.6 Å². The van der Waals surface area contributed by atoms with Crippen LogP contribution < -0.4 is 0 Å². The van der Waals surface area contributed by atoms with Crippen molar-refractivity contribution in [1.29, 1.82) is 0 Å². The summed E-state index contributed by atoms with van der Waals surface area (Å²) in [5.41, 5.74) is 0.849. The molecule has 124 valence electrons. The summed E-state index contributed by atoms with van der Waals surface area (Å²) in [7, 11) is 3.98. The third-order valence-corrected chi connectivity index (χ3v) is 3.45. The van der Waals surface area contributed by atoms with E-state index in [4.69, 9.17) is 0 Å². The van der Waals surface area contributed by atoms with Crippen LogP contribution in [0.5, 0.6) is 0 Å². The molecule has 2 nitrogen and oxygen atoms in total. The van der Waals surface area contributed by atoms with Crippen molar-refractivity contribution in [2.45, 2.75) is 32.6 Å². The van der Waals surface area contributed by atoms with Crippen LogP contribution in [0, 0.1) is 11.7 Å². The van der Waals surface area contributed by atoms with Crippen LogP contribution in [0.3, 0.4) is 0 Å². The van der Waals surface area contributed by atoms with Crippen molar-refractivity contribution in [1.82, 2.24) is 4.90 Å². The number of halogens is 2. The normalized spacial score (nSPS) is 12.4. The average molecular weight is 328 g/mol. The van der Waals surface area contributed by atoms with Crippen LogP contribution in [0.15, 0.2) is 30.3 Å². The quantitative estimate of drug-likeness (QED) is 0.488. The predicted octanol–water partition coefficient (Wildman–Crippen LogP) is 4.59. The first-order valence-electron chi connectivity index (χ1n) is 7.65. The van der Waals surface area contributed by atoms with E-state index in [0.717, 1.165) is 31.4 Å². The molecule has 4 heteroatoms. The lowest BCUT2D eigenvalue weighted by Gasteiger charge is -2.18. The Morgan fingerprint density at radius 3 is 2.41 bits per heavy atom.